The van der Waals surface area contributed by atoms with Gasteiger partial charge in [0, 0.05) is 25.3 Å². The molecule has 0 atom stereocenters. The molecule has 5 nitrogen and oxygen atoms in total. The summed E-state index contributed by atoms with van der Waals surface area (Å²) >= 11 is 0. The highest BCUT2D eigenvalue weighted by atomic mass is 16.5. The summed E-state index contributed by atoms with van der Waals surface area (Å²) in [7, 11) is 1.86. The first-order valence-corrected chi connectivity index (χ1v) is 6.64. The smallest absolute Gasteiger partial charge is 0.260 e. The van der Waals surface area contributed by atoms with Crippen LogP contribution in [0.4, 0.5) is 0 Å². The van der Waals surface area contributed by atoms with Crippen molar-refractivity contribution in [2.75, 3.05) is 26.7 Å². The van der Waals surface area contributed by atoms with Crippen molar-refractivity contribution in [2.45, 2.75) is 27.3 Å². The third-order valence-electron chi connectivity index (χ3n) is 2.88. The van der Waals surface area contributed by atoms with Gasteiger partial charge in [-0.25, -0.2) is 0 Å². The number of rotatable bonds is 7. The molecule has 106 valence electrons. The Morgan fingerprint density at radius 2 is 2.05 bits per heavy atom. The normalized spacial score (nSPS) is 10.3. The Kier molecular flexibility index (Phi) is 6.29. The van der Waals surface area contributed by atoms with Gasteiger partial charge in [-0.05, 0) is 40.0 Å². The number of carbonyl (C=O) groups excluding carboxylic acids is 1. The average molecular weight is 265 g/mol. The average Bonchev–Trinajstić information content (AvgIpc) is 2.39. The summed E-state index contributed by atoms with van der Waals surface area (Å²) in [5, 5.41) is 3.05. The minimum atomic E-state index is 0.000910. The molecule has 1 heterocycles. The van der Waals surface area contributed by atoms with E-state index >= 15 is 0 Å². The second kappa shape index (κ2) is 7.74. The number of aromatic nitrogens is 1. The first kappa shape index (κ1) is 15.4. The van der Waals surface area contributed by atoms with Crippen LogP contribution in [0.3, 0.4) is 0 Å². The summed E-state index contributed by atoms with van der Waals surface area (Å²) in [5.41, 5.74) is 1.77. The standard InChI is InChI=1S/C14H23N3O2/c1-5-17(6-2)14(18)10-19-13-8-7-11(3)16-12(13)9-15-4/h7-8,15H,5-6,9-10H2,1-4H3. The zero-order chi connectivity index (χ0) is 14.3. The summed E-state index contributed by atoms with van der Waals surface area (Å²) in [4.78, 5) is 18.0. The van der Waals surface area contributed by atoms with Gasteiger partial charge >= 0.3 is 0 Å². The number of nitrogens with zero attached hydrogens (tertiary/aromatic N) is 2. The Morgan fingerprint density at radius 3 is 2.63 bits per heavy atom. The molecule has 0 spiro atoms. The van der Waals surface area contributed by atoms with Crippen molar-refractivity contribution < 1.29 is 9.53 Å². The second-order valence-electron chi connectivity index (χ2n) is 4.28. The third kappa shape index (κ3) is 4.52. The number of carbonyl (C=O) groups is 1. The second-order valence-corrected chi connectivity index (χ2v) is 4.28. The van der Waals surface area contributed by atoms with Gasteiger partial charge in [0.15, 0.2) is 6.61 Å². The molecule has 0 aliphatic carbocycles. The highest BCUT2D eigenvalue weighted by molar-refractivity contribution is 5.77. The van der Waals surface area contributed by atoms with Crippen LogP contribution >= 0.6 is 0 Å². The highest BCUT2D eigenvalue weighted by Crippen LogP contribution is 2.16. The first-order chi connectivity index (χ1) is 9.12. The topological polar surface area (TPSA) is 54.5 Å². The van der Waals surface area contributed by atoms with E-state index in [0.717, 1.165) is 11.4 Å². The first-order valence-electron chi connectivity index (χ1n) is 6.64. The van der Waals surface area contributed by atoms with E-state index in [1.54, 1.807) is 4.90 Å². The summed E-state index contributed by atoms with van der Waals surface area (Å²) < 4.78 is 5.60. The predicted molar refractivity (Wildman–Crippen MR) is 75.2 cm³/mol. The van der Waals surface area contributed by atoms with E-state index in [-0.39, 0.29) is 12.5 Å². The van der Waals surface area contributed by atoms with Gasteiger partial charge in [0.25, 0.3) is 5.91 Å². The monoisotopic (exact) mass is 265 g/mol. The molecule has 0 saturated carbocycles. The maximum atomic E-state index is 11.9. The van der Waals surface area contributed by atoms with E-state index in [1.807, 2.05) is 40.0 Å². The molecular formula is C14H23N3O2. The maximum Gasteiger partial charge on any atom is 0.260 e. The van der Waals surface area contributed by atoms with Gasteiger partial charge in [-0.1, -0.05) is 0 Å². The lowest BCUT2D eigenvalue weighted by Crippen LogP contribution is -2.34. The molecule has 0 bridgehead atoms. The van der Waals surface area contributed by atoms with E-state index in [4.69, 9.17) is 4.74 Å². The number of aryl methyl sites for hydroxylation is 1. The molecule has 0 radical (unpaired) electrons. The van der Waals surface area contributed by atoms with Crippen LogP contribution in [-0.2, 0) is 11.3 Å². The number of nitrogens with one attached hydrogen (secondary N) is 1. The SMILES string of the molecule is CCN(CC)C(=O)COc1ccc(C)nc1CNC. The van der Waals surface area contributed by atoms with E-state index in [2.05, 4.69) is 10.3 Å². The Labute approximate surface area is 115 Å². The van der Waals surface area contributed by atoms with Gasteiger partial charge in [-0.2, -0.15) is 0 Å². The number of hydrogen-bond acceptors (Lipinski definition) is 4. The lowest BCUT2D eigenvalue weighted by Gasteiger charge is -2.19. The predicted octanol–water partition coefficient (Wildman–Crippen LogP) is 1.36. The van der Waals surface area contributed by atoms with Crippen LogP contribution in [0.2, 0.25) is 0 Å². The minimum Gasteiger partial charge on any atom is -0.482 e. The van der Waals surface area contributed by atoms with Crippen LogP contribution in [-0.4, -0.2) is 42.5 Å². The molecule has 0 unspecified atom stereocenters. The zero-order valence-corrected chi connectivity index (χ0v) is 12.2. The van der Waals surface area contributed by atoms with Crippen molar-refractivity contribution in [1.29, 1.82) is 0 Å². The summed E-state index contributed by atoms with van der Waals surface area (Å²) in [6.07, 6.45) is 0. The number of hydrogen-bond donors (Lipinski definition) is 1. The van der Waals surface area contributed by atoms with Crippen molar-refractivity contribution in [2.24, 2.45) is 0 Å². The van der Waals surface area contributed by atoms with Crippen molar-refractivity contribution in [1.82, 2.24) is 15.2 Å². The quantitative estimate of drug-likeness (QED) is 0.808. The molecule has 0 saturated heterocycles. The fraction of sp³-hybridized carbons (Fsp3) is 0.571. The van der Waals surface area contributed by atoms with Gasteiger partial charge in [-0.15, -0.1) is 0 Å². The zero-order valence-electron chi connectivity index (χ0n) is 12.2. The van der Waals surface area contributed by atoms with E-state index in [9.17, 15) is 4.79 Å². The molecule has 1 N–H and O–H groups in total. The Morgan fingerprint density at radius 1 is 1.37 bits per heavy atom. The van der Waals surface area contributed by atoms with Gasteiger partial charge in [0.1, 0.15) is 5.75 Å². The number of likely N-dealkylation sites (N-methyl/N-ethyl adjacent to an activating group) is 1. The molecule has 0 fully saturated rings. The molecule has 1 amide bonds. The van der Waals surface area contributed by atoms with Crippen molar-refractivity contribution in [3.8, 4) is 5.75 Å². The summed E-state index contributed by atoms with van der Waals surface area (Å²) in [6.45, 7) is 7.94. The van der Waals surface area contributed by atoms with Crippen molar-refractivity contribution in [3.05, 3.63) is 23.5 Å². The molecule has 1 rings (SSSR count). The number of pyridine rings is 1. The van der Waals surface area contributed by atoms with Crippen LogP contribution in [0.5, 0.6) is 5.75 Å². The summed E-state index contributed by atoms with van der Waals surface area (Å²) in [6, 6.07) is 3.75. The molecule has 0 aliphatic rings. The van der Waals surface area contributed by atoms with Crippen LogP contribution in [0.25, 0.3) is 0 Å². The van der Waals surface area contributed by atoms with E-state index < -0.39 is 0 Å². The Balaban J connectivity index is 2.69. The molecule has 19 heavy (non-hydrogen) atoms. The molecule has 0 aliphatic heterocycles. The van der Waals surface area contributed by atoms with Crippen molar-refractivity contribution in [3.63, 3.8) is 0 Å². The summed E-state index contributed by atoms with van der Waals surface area (Å²) in [5.74, 6) is 0.668. The van der Waals surface area contributed by atoms with Gasteiger partial charge in [-0.3, -0.25) is 9.78 Å². The van der Waals surface area contributed by atoms with Crippen molar-refractivity contribution >= 4 is 5.91 Å². The maximum absolute atomic E-state index is 11.9. The molecule has 0 aromatic carbocycles. The van der Waals surface area contributed by atoms with Crippen LogP contribution < -0.4 is 10.1 Å². The largest absolute Gasteiger partial charge is 0.482 e. The molecule has 1 aromatic rings. The minimum absolute atomic E-state index is 0.000910. The molecular weight excluding hydrogens is 242 g/mol. The third-order valence-corrected chi connectivity index (χ3v) is 2.88. The lowest BCUT2D eigenvalue weighted by molar-refractivity contribution is -0.132. The number of ether oxygens (including phenoxy) is 1. The van der Waals surface area contributed by atoms with E-state index in [1.165, 1.54) is 0 Å². The van der Waals surface area contributed by atoms with Crippen LogP contribution in [0.15, 0.2) is 12.1 Å². The fourth-order valence-electron chi connectivity index (χ4n) is 1.83. The molecule has 1 aromatic heterocycles. The van der Waals surface area contributed by atoms with E-state index in [0.29, 0.717) is 25.4 Å². The number of amides is 1. The Bertz CT molecular complexity index is 417. The molecule has 5 heteroatoms. The Hall–Kier alpha value is -1.62. The lowest BCUT2D eigenvalue weighted by atomic mass is 10.3. The van der Waals surface area contributed by atoms with Gasteiger partial charge < -0.3 is 15.0 Å². The van der Waals surface area contributed by atoms with Crippen LogP contribution in [0.1, 0.15) is 25.2 Å². The van der Waals surface area contributed by atoms with Gasteiger partial charge in [0.2, 0.25) is 0 Å². The van der Waals surface area contributed by atoms with Crippen LogP contribution in [0, 0.1) is 6.92 Å². The fourth-order valence-corrected chi connectivity index (χ4v) is 1.83. The van der Waals surface area contributed by atoms with Gasteiger partial charge in [0.05, 0.1) is 5.69 Å². The highest BCUT2D eigenvalue weighted by Gasteiger charge is 2.12.